The lowest BCUT2D eigenvalue weighted by molar-refractivity contribution is -0.187. The fourth-order valence-corrected chi connectivity index (χ4v) is 2.04. The van der Waals surface area contributed by atoms with Gasteiger partial charge in [0.25, 0.3) is 0 Å². The molecule has 0 spiro atoms. The number of amides is 1. The van der Waals surface area contributed by atoms with E-state index >= 15 is 0 Å². The van der Waals surface area contributed by atoms with Gasteiger partial charge in [-0.15, -0.1) is 0 Å². The Balaban J connectivity index is 1.85. The van der Waals surface area contributed by atoms with Crippen molar-refractivity contribution in [1.29, 1.82) is 0 Å². The molecule has 0 unspecified atom stereocenters. The van der Waals surface area contributed by atoms with E-state index in [1.54, 1.807) is 12.4 Å². The maximum atomic E-state index is 12.3. The molecule has 1 saturated heterocycles. The Kier molecular flexibility index (Phi) is 4.04. The summed E-state index contributed by atoms with van der Waals surface area (Å²) in [6.45, 7) is 1.74. The third-order valence-corrected chi connectivity index (χ3v) is 3.03. The molecule has 7 heteroatoms. The molecule has 1 fully saturated rings. The van der Waals surface area contributed by atoms with Crippen molar-refractivity contribution >= 4 is 5.91 Å². The van der Waals surface area contributed by atoms with Crippen molar-refractivity contribution in [2.75, 3.05) is 26.2 Å². The molecule has 0 saturated carbocycles. The number of pyridine rings is 1. The largest absolute Gasteiger partial charge is 0.471 e. The van der Waals surface area contributed by atoms with E-state index < -0.39 is 12.1 Å². The zero-order valence-corrected chi connectivity index (χ0v) is 10.2. The first kappa shape index (κ1) is 13.8. The molecule has 1 amide bonds. The van der Waals surface area contributed by atoms with Crippen molar-refractivity contribution in [2.45, 2.75) is 12.7 Å². The summed E-state index contributed by atoms with van der Waals surface area (Å²) in [5, 5.41) is 0. The van der Waals surface area contributed by atoms with Crippen molar-refractivity contribution < 1.29 is 18.0 Å². The second-order valence-corrected chi connectivity index (χ2v) is 4.43. The molecule has 0 aromatic carbocycles. The number of halogens is 3. The predicted molar refractivity (Wildman–Crippen MR) is 62.1 cm³/mol. The molecule has 4 nitrogen and oxygen atoms in total. The van der Waals surface area contributed by atoms with E-state index in [0.29, 0.717) is 19.6 Å². The number of hydrogen-bond donors (Lipinski definition) is 0. The first-order chi connectivity index (χ1) is 8.97. The molecule has 2 heterocycles. The minimum absolute atomic E-state index is 0.110. The van der Waals surface area contributed by atoms with Gasteiger partial charge in [-0.2, -0.15) is 13.2 Å². The number of carbonyl (C=O) groups is 1. The Morgan fingerprint density at radius 2 is 1.95 bits per heavy atom. The number of nitrogens with zero attached hydrogens (tertiary/aromatic N) is 3. The van der Waals surface area contributed by atoms with Crippen LogP contribution in [-0.4, -0.2) is 53.0 Å². The van der Waals surface area contributed by atoms with Gasteiger partial charge < -0.3 is 4.90 Å². The van der Waals surface area contributed by atoms with E-state index in [1.165, 1.54) is 0 Å². The highest BCUT2D eigenvalue weighted by Crippen LogP contribution is 2.19. The highest BCUT2D eigenvalue weighted by molar-refractivity contribution is 5.81. The smallest absolute Gasteiger partial charge is 0.332 e. The minimum Gasteiger partial charge on any atom is -0.332 e. The van der Waals surface area contributed by atoms with Crippen LogP contribution in [0.25, 0.3) is 0 Å². The average molecular weight is 273 g/mol. The third kappa shape index (κ3) is 3.66. The van der Waals surface area contributed by atoms with Gasteiger partial charge in [0.15, 0.2) is 0 Å². The summed E-state index contributed by atoms with van der Waals surface area (Å²) in [5.41, 5.74) is 1.01. The Hall–Kier alpha value is -1.63. The highest BCUT2D eigenvalue weighted by atomic mass is 19.4. The number of alkyl halides is 3. The molecule has 1 aliphatic heterocycles. The Morgan fingerprint density at radius 1 is 1.26 bits per heavy atom. The van der Waals surface area contributed by atoms with E-state index in [-0.39, 0.29) is 13.1 Å². The van der Waals surface area contributed by atoms with Crippen LogP contribution in [0, 0.1) is 0 Å². The van der Waals surface area contributed by atoms with Crippen LogP contribution in [0.3, 0.4) is 0 Å². The van der Waals surface area contributed by atoms with Crippen molar-refractivity contribution in [2.24, 2.45) is 0 Å². The number of piperazine rings is 1. The minimum atomic E-state index is -4.77. The molecule has 0 N–H and O–H groups in total. The first-order valence-electron chi connectivity index (χ1n) is 5.94. The van der Waals surface area contributed by atoms with E-state index in [0.717, 1.165) is 10.5 Å². The predicted octanol–water partition coefficient (Wildman–Crippen LogP) is 1.29. The van der Waals surface area contributed by atoms with Crippen LogP contribution in [0.2, 0.25) is 0 Å². The average Bonchev–Trinajstić information content (AvgIpc) is 2.39. The maximum absolute atomic E-state index is 12.3. The van der Waals surface area contributed by atoms with Gasteiger partial charge in [0.1, 0.15) is 0 Å². The van der Waals surface area contributed by atoms with Gasteiger partial charge in [-0.25, -0.2) is 0 Å². The van der Waals surface area contributed by atoms with Crippen LogP contribution in [0.1, 0.15) is 5.56 Å². The molecule has 0 bridgehead atoms. The topological polar surface area (TPSA) is 36.4 Å². The summed E-state index contributed by atoms with van der Waals surface area (Å²) >= 11 is 0. The third-order valence-electron chi connectivity index (χ3n) is 3.03. The SMILES string of the molecule is O=C(N1CCN(Cc2cccnc2)CC1)C(F)(F)F. The second-order valence-electron chi connectivity index (χ2n) is 4.43. The lowest BCUT2D eigenvalue weighted by atomic mass is 10.2. The second kappa shape index (κ2) is 5.56. The summed E-state index contributed by atoms with van der Waals surface area (Å²) in [6, 6.07) is 3.74. The van der Waals surface area contributed by atoms with Gasteiger partial charge in [-0.3, -0.25) is 14.7 Å². The van der Waals surface area contributed by atoms with Crippen LogP contribution in [0.15, 0.2) is 24.5 Å². The Bertz CT molecular complexity index is 428. The standard InChI is InChI=1S/C12H14F3N3O/c13-12(14,15)11(19)18-6-4-17(5-7-18)9-10-2-1-3-16-8-10/h1-3,8H,4-7,9H2. The highest BCUT2D eigenvalue weighted by Gasteiger charge is 2.43. The molecule has 1 aromatic heterocycles. The molecular formula is C12H14F3N3O. The van der Waals surface area contributed by atoms with Gasteiger partial charge in [0.05, 0.1) is 0 Å². The van der Waals surface area contributed by atoms with Gasteiger partial charge in [0, 0.05) is 45.1 Å². The quantitative estimate of drug-likeness (QED) is 0.814. The number of aromatic nitrogens is 1. The summed E-state index contributed by atoms with van der Waals surface area (Å²) in [5.74, 6) is -1.74. The lowest BCUT2D eigenvalue weighted by Gasteiger charge is -2.34. The summed E-state index contributed by atoms with van der Waals surface area (Å²) in [6.07, 6.45) is -1.37. The molecule has 0 atom stereocenters. The summed E-state index contributed by atoms with van der Waals surface area (Å²) in [7, 11) is 0. The van der Waals surface area contributed by atoms with Crippen molar-refractivity contribution in [3.8, 4) is 0 Å². The number of carbonyl (C=O) groups excluding carboxylic acids is 1. The zero-order chi connectivity index (χ0) is 13.9. The summed E-state index contributed by atoms with van der Waals surface area (Å²) < 4.78 is 36.8. The van der Waals surface area contributed by atoms with Crippen molar-refractivity contribution in [3.63, 3.8) is 0 Å². The Labute approximate surface area is 108 Å². The molecule has 1 aromatic rings. The van der Waals surface area contributed by atoms with E-state index in [4.69, 9.17) is 0 Å². The fraction of sp³-hybridized carbons (Fsp3) is 0.500. The first-order valence-corrected chi connectivity index (χ1v) is 5.94. The van der Waals surface area contributed by atoms with Gasteiger partial charge in [-0.1, -0.05) is 6.07 Å². The van der Waals surface area contributed by atoms with Crippen molar-refractivity contribution in [3.05, 3.63) is 30.1 Å². The fourth-order valence-electron chi connectivity index (χ4n) is 2.04. The van der Waals surface area contributed by atoms with Crippen LogP contribution in [-0.2, 0) is 11.3 Å². The molecule has 104 valence electrons. The van der Waals surface area contributed by atoms with Crippen LogP contribution >= 0.6 is 0 Å². The molecule has 0 radical (unpaired) electrons. The number of hydrogen-bond acceptors (Lipinski definition) is 3. The molecule has 19 heavy (non-hydrogen) atoms. The van der Waals surface area contributed by atoms with Gasteiger partial charge in [-0.05, 0) is 11.6 Å². The lowest BCUT2D eigenvalue weighted by Crippen LogP contribution is -2.52. The van der Waals surface area contributed by atoms with Gasteiger partial charge >= 0.3 is 12.1 Å². The molecule has 1 aliphatic rings. The van der Waals surface area contributed by atoms with Crippen LogP contribution in [0.4, 0.5) is 13.2 Å². The molecular weight excluding hydrogens is 259 g/mol. The normalized spacial score (nSPS) is 17.5. The molecule has 2 rings (SSSR count). The summed E-state index contributed by atoms with van der Waals surface area (Å²) in [4.78, 5) is 17.9. The van der Waals surface area contributed by atoms with Gasteiger partial charge in [0.2, 0.25) is 0 Å². The zero-order valence-electron chi connectivity index (χ0n) is 10.2. The van der Waals surface area contributed by atoms with Crippen LogP contribution < -0.4 is 0 Å². The Morgan fingerprint density at radius 3 is 2.47 bits per heavy atom. The van der Waals surface area contributed by atoms with E-state index in [9.17, 15) is 18.0 Å². The van der Waals surface area contributed by atoms with E-state index in [1.807, 2.05) is 17.0 Å². The maximum Gasteiger partial charge on any atom is 0.471 e. The van der Waals surface area contributed by atoms with Crippen molar-refractivity contribution in [1.82, 2.24) is 14.8 Å². The number of rotatable bonds is 2. The molecule has 0 aliphatic carbocycles. The van der Waals surface area contributed by atoms with E-state index in [2.05, 4.69) is 4.98 Å². The monoisotopic (exact) mass is 273 g/mol. The van der Waals surface area contributed by atoms with Crippen LogP contribution in [0.5, 0.6) is 0 Å².